The molecule has 0 radical (unpaired) electrons. The molecule has 1 saturated heterocycles. The molecule has 0 aliphatic carbocycles. The number of hydrogen-bond acceptors (Lipinski definition) is 4. The number of rotatable bonds is 4. The van der Waals surface area contributed by atoms with E-state index in [1.165, 1.54) is 0 Å². The highest BCUT2D eigenvalue weighted by Crippen LogP contribution is 2.26. The largest absolute Gasteiger partial charge is 0.480 e. The summed E-state index contributed by atoms with van der Waals surface area (Å²) in [7, 11) is 1.97. The second kappa shape index (κ2) is 4.79. The molecule has 17 heavy (non-hydrogen) atoms. The van der Waals surface area contributed by atoms with Gasteiger partial charge in [-0.25, -0.2) is 0 Å². The van der Waals surface area contributed by atoms with Crippen molar-refractivity contribution >= 4 is 5.97 Å². The highest BCUT2D eigenvalue weighted by molar-refractivity contribution is 5.73. The van der Waals surface area contributed by atoms with Gasteiger partial charge in [-0.05, 0) is 12.8 Å². The third-order valence-electron chi connectivity index (χ3n) is 3.37. The smallest absolute Gasteiger partial charge is 0.321 e. The molecule has 0 amide bonds. The van der Waals surface area contributed by atoms with Crippen LogP contribution in [-0.4, -0.2) is 58.2 Å². The summed E-state index contributed by atoms with van der Waals surface area (Å²) >= 11 is 0. The van der Waals surface area contributed by atoms with Crippen molar-refractivity contribution < 1.29 is 9.90 Å². The molecule has 0 aromatic heterocycles. The van der Waals surface area contributed by atoms with Crippen LogP contribution in [0.5, 0.6) is 0 Å². The van der Waals surface area contributed by atoms with Crippen molar-refractivity contribution in [2.75, 3.05) is 20.1 Å². The summed E-state index contributed by atoms with van der Waals surface area (Å²) in [6.45, 7) is 5.30. The fourth-order valence-corrected chi connectivity index (χ4v) is 2.64. The first kappa shape index (κ1) is 12.0. The van der Waals surface area contributed by atoms with Crippen molar-refractivity contribution in [3.8, 4) is 0 Å². The number of carboxylic acids is 1. The van der Waals surface area contributed by atoms with Gasteiger partial charge in [0.1, 0.15) is 6.04 Å². The molecule has 0 spiro atoms. The van der Waals surface area contributed by atoms with E-state index in [0.29, 0.717) is 0 Å². The zero-order valence-corrected chi connectivity index (χ0v) is 10.1. The van der Waals surface area contributed by atoms with Crippen molar-refractivity contribution in [1.29, 1.82) is 0 Å². The molecule has 0 bridgehead atoms. The van der Waals surface area contributed by atoms with Gasteiger partial charge in [-0.15, -0.1) is 6.58 Å². The molecule has 1 unspecified atom stereocenters. The second-order valence-corrected chi connectivity index (χ2v) is 4.53. The monoisotopic (exact) mass is 237 g/mol. The molecule has 2 rings (SSSR count). The van der Waals surface area contributed by atoms with Gasteiger partial charge in [-0.2, -0.15) is 0 Å². The summed E-state index contributed by atoms with van der Waals surface area (Å²) in [5, 5.41) is 9.23. The Labute approximate surface area is 102 Å². The Morgan fingerprint density at radius 3 is 3.00 bits per heavy atom. The topological polar surface area (TPSA) is 47.0 Å². The highest BCUT2D eigenvalue weighted by atomic mass is 16.4. The van der Waals surface area contributed by atoms with Crippen LogP contribution in [-0.2, 0) is 4.79 Å². The standard InChI is InChI=1S/C12H19N3O2/c1-3-6-14-9-8-13(2)12(14)15-7-4-5-10(15)11(16)17/h3,8-10,12H,1,4-7H2,2H3,(H,16,17)/t10-,12?/m0/s1. The maximum atomic E-state index is 11.2. The Balaban J connectivity index is 2.14. The molecule has 2 atom stereocenters. The van der Waals surface area contributed by atoms with Gasteiger partial charge >= 0.3 is 5.97 Å². The van der Waals surface area contributed by atoms with E-state index < -0.39 is 5.97 Å². The van der Waals surface area contributed by atoms with Crippen molar-refractivity contribution in [2.24, 2.45) is 0 Å². The molecule has 0 aromatic carbocycles. The van der Waals surface area contributed by atoms with E-state index >= 15 is 0 Å². The van der Waals surface area contributed by atoms with Gasteiger partial charge in [0.05, 0.1) is 0 Å². The summed E-state index contributed by atoms with van der Waals surface area (Å²) < 4.78 is 0. The van der Waals surface area contributed by atoms with E-state index in [0.717, 1.165) is 25.9 Å². The Morgan fingerprint density at radius 1 is 1.59 bits per heavy atom. The van der Waals surface area contributed by atoms with Crippen LogP contribution in [0.15, 0.2) is 25.1 Å². The molecule has 5 nitrogen and oxygen atoms in total. The molecule has 2 heterocycles. The molecule has 5 heteroatoms. The molecule has 1 N–H and O–H groups in total. The molecule has 94 valence electrons. The van der Waals surface area contributed by atoms with Crippen molar-refractivity contribution in [3.63, 3.8) is 0 Å². The van der Waals surface area contributed by atoms with Crippen LogP contribution in [0, 0.1) is 0 Å². The number of likely N-dealkylation sites (tertiary alicyclic amines) is 1. The van der Waals surface area contributed by atoms with Gasteiger partial charge in [0.25, 0.3) is 0 Å². The number of carboxylic acid groups (broad SMARTS) is 1. The minimum Gasteiger partial charge on any atom is -0.480 e. The van der Waals surface area contributed by atoms with E-state index in [2.05, 4.69) is 11.5 Å². The Bertz CT molecular complexity index is 343. The first-order valence-corrected chi connectivity index (χ1v) is 5.90. The van der Waals surface area contributed by atoms with Gasteiger partial charge < -0.3 is 14.9 Å². The molecule has 2 aliphatic rings. The quantitative estimate of drug-likeness (QED) is 0.730. The number of aliphatic carboxylic acids is 1. The zero-order chi connectivity index (χ0) is 12.4. The first-order valence-electron chi connectivity index (χ1n) is 5.90. The van der Waals surface area contributed by atoms with Crippen LogP contribution < -0.4 is 0 Å². The van der Waals surface area contributed by atoms with Crippen LogP contribution in [0.4, 0.5) is 0 Å². The van der Waals surface area contributed by atoms with Gasteiger partial charge in [-0.1, -0.05) is 6.08 Å². The third-order valence-corrected chi connectivity index (χ3v) is 3.37. The van der Waals surface area contributed by atoms with Crippen LogP contribution >= 0.6 is 0 Å². The average molecular weight is 237 g/mol. The zero-order valence-electron chi connectivity index (χ0n) is 10.1. The summed E-state index contributed by atoms with van der Waals surface area (Å²) in [5.74, 6) is -0.721. The van der Waals surface area contributed by atoms with E-state index in [4.69, 9.17) is 0 Å². The number of carbonyl (C=O) groups is 1. The molecule has 2 aliphatic heterocycles. The van der Waals surface area contributed by atoms with Crippen molar-refractivity contribution in [3.05, 3.63) is 25.1 Å². The van der Waals surface area contributed by atoms with Crippen molar-refractivity contribution in [2.45, 2.75) is 25.2 Å². The fraction of sp³-hybridized carbons (Fsp3) is 0.583. The SMILES string of the molecule is C=CCN1C=CN(C)C1N1CCC[C@H]1C(=O)O. The maximum absolute atomic E-state index is 11.2. The molecule has 0 saturated carbocycles. The summed E-state index contributed by atoms with van der Waals surface area (Å²) in [4.78, 5) is 17.4. The molecule has 0 aromatic rings. The van der Waals surface area contributed by atoms with Gasteiger partial charge in [0.2, 0.25) is 0 Å². The summed E-state index contributed by atoms with van der Waals surface area (Å²) in [6, 6.07) is -0.366. The predicted molar refractivity (Wildman–Crippen MR) is 65.0 cm³/mol. The van der Waals surface area contributed by atoms with Gasteiger partial charge in [-0.3, -0.25) is 9.69 Å². The van der Waals surface area contributed by atoms with E-state index in [1.807, 2.05) is 35.3 Å². The van der Waals surface area contributed by atoms with Gasteiger partial charge in [0, 0.05) is 32.5 Å². The average Bonchev–Trinajstić information content (AvgIpc) is 2.85. The normalized spacial score (nSPS) is 29.0. The lowest BCUT2D eigenvalue weighted by Gasteiger charge is -2.38. The predicted octanol–water partition coefficient (Wildman–Crippen LogP) is 0.724. The number of nitrogens with zero attached hydrogens (tertiary/aromatic N) is 3. The lowest BCUT2D eigenvalue weighted by molar-refractivity contribution is -0.145. The fourth-order valence-electron chi connectivity index (χ4n) is 2.64. The minimum atomic E-state index is -0.721. The van der Waals surface area contributed by atoms with Crippen LogP contribution in [0.1, 0.15) is 12.8 Å². The third kappa shape index (κ3) is 2.15. The summed E-state index contributed by atoms with van der Waals surface area (Å²) in [5.41, 5.74) is 0. The van der Waals surface area contributed by atoms with E-state index in [1.54, 1.807) is 0 Å². The lowest BCUT2D eigenvalue weighted by Crippen LogP contribution is -2.54. The second-order valence-electron chi connectivity index (χ2n) is 4.53. The maximum Gasteiger partial charge on any atom is 0.321 e. The lowest BCUT2D eigenvalue weighted by atomic mass is 10.2. The van der Waals surface area contributed by atoms with Crippen LogP contribution in [0.3, 0.4) is 0 Å². The Hall–Kier alpha value is -1.49. The van der Waals surface area contributed by atoms with E-state index in [9.17, 15) is 9.90 Å². The summed E-state index contributed by atoms with van der Waals surface area (Å²) in [6.07, 6.45) is 7.50. The Morgan fingerprint density at radius 2 is 2.35 bits per heavy atom. The molecule has 1 fully saturated rings. The minimum absolute atomic E-state index is 0.0107. The van der Waals surface area contributed by atoms with Crippen LogP contribution in [0.25, 0.3) is 0 Å². The first-order chi connectivity index (χ1) is 8.15. The Kier molecular flexibility index (Phi) is 3.38. The van der Waals surface area contributed by atoms with Crippen molar-refractivity contribution in [1.82, 2.24) is 14.7 Å². The molecular formula is C12H19N3O2. The highest BCUT2D eigenvalue weighted by Gasteiger charge is 2.39. The molecular weight excluding hydrogens is 218 g/mol. The van der Waals surface area contributed by atoms with Gasteiger partial charge in [0.15, 0.2) is 6.29 Å². The van der Waals surface area contributed by atoms with E-state index in [-0.39, 0.29) is 12.3 Å². The van der Waals surface area contributed by atoms with Crippen LogP contribution in [0.2, 0.25) is 0 Å². The number of hydrogen-bond donors (Lipinski definition) is 1.